The number of allylic oxidation sites excluding steroid dienone is 4. The lowest BCUT2D eigenvalue weighted by Gasteiger charge is -2.18. The summed E-state index contributed by atoms with van der Waals surface area (Å²) in [7, 11) is 0. The fourth-order valence-electron chi connectivity index (χ4n) is 9.72. The van der Waals surface area contributed by atoms with Gasteiger partial charge in [-0.05, 0) is 51.4 Å². The minimum atomic E-state index is -0.534. The molecule has 70 heavy (non-hydrogen) atoms. The quantitative estimate of drug-likeness (QED) is 0.0345. The lowest BCUT2D eigenvalue weighted by atomic mass is 10.0. The highest BCUT2D eigenvalue weighted by Gasteiger charge is 2.18. The summed E-state index contributed by atoms with van der Waals surface area (Å²) in [5.41, 5.74) is 0. The van der Waals surface area contributed by atoms with Gasteiger partial charge in [0.2, 0.25) is 0 Å². The Labute approximate surface area is 438 Å². The summed E-state index contributed by atoms with van der Waals surface area (Å²) in [4.78, 5) is 25.6. The summed E-state index contributed by atoms with van der Waals surface area (Å²) in [6, 6.07) is 0. The van der Waals surface area contributed by atoms with Crippen LogP contribution in [0.5, 0.6) is 0 Å². The van der Waals surface area contributed by atoms with Crippen molar-refractivity contribution >= 4 is 11.9 Å². The molecule has 0 aromatic rings. The van der Waals surface area contributed by atoms with Crippen LogP contribution in [0.3, 0.4) is 0 Å². The van der Waals surface area contributed by atoms with Crippen LogP contribution in [-0.4, -0.2) is 37.9 Å². The molecule has 5 nitrogen and oxygen atoms in total. The molecule has 0 saturated carbocycles. The minimum Gasteiger partial charge on any atom is -0.462 e. The second kappa shape index (κ2) is 61.7. The van der Waals surface area contributed by atoms with Crippen molar-refractivity contribution in [1.29, 1.82) is 0 Å². The summed E-state index contributed by atoms with van der Waals surface area (Å²) in [5, 5.41) is 0. The van der Waals surface area contributed by atoms with E-state index in [1.807, 2.05) is 0 Å². The zero-order valence-corrected chi connectivity index (χ0v) is 47.8. The predicted molar refractivity (Wildman–Crippen MR) is 307 cm³/mol. The van der Waals surface area contributed by atoms with Crippen molar-refractivity contribution in [2.45, 2.75) is 361 Å². The number of carbonyl (C=O) groups excluding carboxylic acids is 2. The Hall–Kier alpha value is -1.62. The van der Waals surface area contributed by atoms with Gasteiger partial charge in [-0.2, -0.15) is 0 Å². The molecule has 414 valence electrons. The van der Waals surface area contributed by atoms with Crippen molar-refractivity contribution in [3.05, 3.63) is 24.3 Å². The highest BCUT2D eigenvalue weighted by atomic mass is 16.6. The van der Waals surface area contributed by atoms with E-state index >= 15 is 0 Å². The molecule has 0 fully saturated rings. The van der Waals surface area contributed by atoms with Crippen LogP contribution in [0.25, 0.3) is 0 Å². The molecule has 0 aromatic carbocycles. The second-order valence-corrected chi connectivity index (χ2v) is 21.7. The zero-order chi connectivity index (χ0) is 50.6. The molecule has 0 aliphatic rings. The largest absolute Gasteiger partial charge is 0.462 e. The Morgan fingerprint density at radius 3 is 0.971 bits per heavy atom. The van der Waals surface area contributed by atoms with Crippen LogP contribution in [0.2, 0.25) is 0 Å². The van der Waals surface area contributed by atoms with Gasteiger partial charge in [-0.25, -0.2) is 0 Å². The number of carbonyl (C=O) groups is 2. The smallest absolute Gasteiger partial charge is 0.306 e. The Morgan fingerprint density at radius 1 is 0.314 bits per heavy atom. The summed E-state index contributed by atoms with van der Waals surface area (Å²) in [6.45, 7) is 7.89. The van der Waals surface area contributed by atoms with E-state index in [1.54, 1.807) is 0 Å². The van der Waals surface area contributed by atoms with E-state index in [2.05, 4.69) is 45.1 Å². The standard InChI is InChI=1S/C65H124O5/c1-4-7-10-13-16-19-22-25-28-31-33-35-37-40-43-46-49-52-55-58-64(66)69-62-63(61-68-60-57-54-51-48-45-42-39-36-32-29-26-23-20-17-14-11-8-5-2)70-65(67)59-56-53-50-47-44-41-38-34-30-27-24-21-18-15-12-9-6-3/h18,21,27,30,63H,4-17,19-20,22-26,28-29,31-62H2,1-3H3/b21-18-,30-27-. The van der Waals surface area contributed by atoms with Gasteiger partial charge in [-0.15, -0.1) is 0 Å². The van der Waals surface area contributed by atoms with Gasteiger partial charge >= 0.3 is 11.9 Å². The highest BCUT2D eigenvalue weighted by molar-refractivity contribution is 5.70. The van der Waals surface area contributed by atoms with Gasteiger partial charge in [-0.1, -0.05) is 315 Å². The van der Waals surface area contributed by atoms with Gasteiger partial charge in [0.1, 0.15) is 6.61 Å². The van der Waals surface area contributed by atoms with Gasteiger partial charge in [0.05, 0.1) is 6.61 Å². The third-order valence-corrected chi connectivity index (χ3v) is 14.5. The highest BCUT2D eigenvalue weighted by Crippen LogP contribution is 2.18. The van der Waals surface area contributed by atoms with E-state index in [1.165, 1.54) is 276 Å². The summed E-state index contributed by atoms with van der Waals surface area (Å²) in [6.07, 6.45) is 75.0. The lowest BCUT2D eigenvalue weighted by molar-refractivity contribution is -0.163. The first-order valence-corrected chi connectivity index (χ1v) is 31.9. The molecule has 0 saturated heterocycles. The number of hydrogen-bond donors (Lipinski definition) is 0. The number of hydrogen-bond acceptors (Lipinski definition) is 5. The molecule has 0 spiro atoms. The number of ether oxygens (including phenoxy) is 3. The zero-order valence-electron chi connectivity index (χ0n) is 47.8. The molecule has 5 heteroatoms. The van der Waals surface area contributed by atoms with Crippen molar-refractivity contribution in [3.8, 4) is 0 Å². The van der Waals surface area contributed by atoms with E-state index in [9.17, 15) is 9.59 Å². The maximum Gasteiger partial charge on any atom is 0.306 e. The molecule has 0 amide bonds. The Morgan fingerprint density at radius 2 is 0.600 bits per heavy atom. The maximum absolute atomic E-state index is 12.9. The van der Waals surface area contributed by atoms with Crippen molar-refractivity contribution in [3.63, 3.8) is 0 Å². The average Bonchev–Trinajstić information content (AvgIpc) is 3.36. The van der Waals surface area contributed by atoms with Crippen LogP contribution < -0.4 is 0 Å². The Balaban J connectivity index is 4.21. The van der Waals surface area contributed by atoms with E-state index in [0.29, 0.717) is 26.1 Å². The molecule has 0 heterocycles. The molecule has 0 aliphatic heterocycles. The van der Waals surface area contributed by atoms with Crippen LogP contribution in [0, 0.1) is 0 Å². The molecule has 0 aliphatic carbocycles. The van der Waals surface area contributed by atoms with Gasteiger partial charge in [0, 0.05) is 19.4 Å². The third-order valence-electron chi connectivity index (χ3n) is 14.5. The first kappa shape index (κ1) is 68.4. The van der Waals surface area contributed by atoms with Crippen LogP contribution in [0.1, 0.15) is 355 Å². The molecule has 1 unspecified atom stereocenters. The van der Waals surface area contributed by atoms with Crippen LogP contribution in [-0.2, 0) is 23.8 Å². The van der Waals surface area contributed by atoms with Gasteiger partial charge in [0.15, 0.2) is 6.10 Å². The van der Waals surface area contributed by atoms with E-state index in [0.717, 1.165) is 44.9 Å². The first-order valence-electron chi connectivity index (χ1n) is 31.9. The van der Waals surface area contributed by atoms with Gasteiger partial charge in [0.25, 0.3) is 0 Å². The van der Waals surface area contributed by atoms with E-state index in [-0.39, 0.29) is 18.5 Å². The molecule has 0 radical (unpaired) electrons. The topological polar surface area (TPSA) is 61.8 Å². The predicted octanol–water partition coefficient (Wildman–Crippen LogP) is 21.9. The van der Waals surface area contributed by atoms with E-state index < -0.39 is 6.10 Å². The maximum atomic E-state index is 12.9. The molecule has 0 N–H and O–H groups in total. The Bertz CT molecular complexity index is 1070. The van der Waals surface area contributed by atoms with Crippen molar-refractivity contribution in [2.24, 2.45) is 0 Å². The van der Waals surface area contributed by atoms with Crippen molar-refractivity contribution < 1.29 is 23.8 Å². The second-order valence-electron chi connectivity index (χ2n) is 21.7. The van der Waals surface area contributed by atoms with Crippen LogP contribution >= 0.6 is 0 Å². The fraction of sp³-hybridized carbons (Fsp3) is 0.908. The first-order chi connectivity index (χ1) is 34.6. The number of rotatable bonds is 60. The third kappa shape index (κ3) is 58.9. The molecule has 0 bridgehead atoms. The van der Waals surface area contributed by atoms with Crippen molar-refractivity contribution in [2.75, 3.05) is 19.8 Å². The van der Waals surface area contributed by atoms with Gasteiger partial charge < -0.3 is 14.2 Å². The number of esters is 2. The minimum absolute atomic E-state index is 0.0910. The SMILES string of the molecule is CCCCC/C=C\C/C=C\CCCCCCCCCC(=O)OC(COCCCCCCCCCCCCCCCCCCCC)COC(=O)CCCCCCCCCCCCCCCCCCCCC. The molecular weight excluding hydrogens is 861 g/mol. The normalized spacial score (nSPS) is 12.2. The van der Waals surface area contributed by atoms with Crippen LogP contribution in [0.4, 0.5) is 0 Å². The Kier molecular flexibility index (Phi) is 60.3. The van der Waals surface area contributed by atoms with Gasteiger partial charge in [-0.3, -0.25) is 9.59 Å². The molecule has 1 atom stereocenters. The summed E-state index contributed by atoms with van der Waals surface area (Å²) in [5.74, 6) is -0.378. The van der Waals surface area contributed by atoms with Crippen LogP contribution in [0.15, 0.2) is 24.3 Å². The average molecular weight is 986 g/mol. The summed E-state index contributed by atoms with van der Waals surface area (Å²) >= 11 is 0. The molecular formula is C65H124O5. The lowest BCUT2D eigenvalue weighted by Crippen LogP contribution is -2.30. The fourth-order valence-corrected chi connectivity index (χ4v) is 9.72. The molecule has 0 rings (SSSR count). The summed E-state index contributed by atoms with van der Waals surface area (Å²) < 4.78 is 17.6. The van der Waals surface area contributed by atoms with Crippen molar-refractivity contribution in [1.82, 2.24) is 0 Å². The number of unbranched alkanes of at least 4 members (excludes halogenated alkanes) is 45. The van der Waals surface area contributed by atoms with E-state index in [4.69, 9.17) is 14.2 Å². The monoisotopic (exact) mass is 985 g/mol. The molecule has 0 aromatic heterocycles.